The molecule has 248 valence electrons. The van der Waals surface area contributed by atoms with Crippen molar-refractivity contribution in [3.8, 4) is 0 Å². The number of rotatable bonds is 8. The molecular formula is C36H48ClN5O4. The van der Waals surface area contributed by atoms with E-state index in [0.29, 0.717) is 49.8 Å². The summed E-state index contributed by atoms with van der Waals surface area (Å²) in [4.78, 5) is 53.6. The van der Waals surface area contributed by atoms with Gasteiger partial charge in [0.2, 0.25) is 23.6 Å². The van der Waals surface area contributed by atoms with Gasteiger partial charge in [-0.3, -0.25) is 29.0 Å². The van der Waals surface area contributed by atoms with Crippen LogP contribution in [-0.4, -0.2) is 83.6 Å². The molecule has 2 aromatic carbocycles. The highest BCUT2D eigenvalue weighted by Gasteiger charge is 2.33. The second kappa shape index (κ2) is 16.0. The fourth-order valence-electron chi connectivity index (χ4n) is 7.23. The van der Waals surface area contributed by atoms with Crippen LogP contribution in [-0.2, 0) is 32.1 Å². The minimum atomic E-state index is -0.595. The van der Waals surface area contributed by atoms with Gasteiger partial charge < -0.3 is 15.5 Å². The number of benzene rings is 2. The molecule has 0 bridgehead atoms. The topological polar surface area (TPSA) is 102 Å². The van der Waals surface area contributed by atoms with E-state index in [-0.39, 0.29) is 29.7 Å². The third-order valence-corrected chi connectivity index (χ3v) is 10.4. The zero-order chi connectivity index (χ0) is 32.6. The second-order valence-electron chi connectivity index (χ2n) is 13.1. The minimum absolute atomic E-state index is 0.0121. The summed E-state index contributed by atoms with van der Waals surface area (Å²) in [7, 11) is 1.51. The average Bonchev–Trinajstić information content (AvgIpc) is 3.62. The van der Waals surface area contributed by atoms with E-state index in [1.807, 2.05) is 41.3 Å². The van der Waals surface area contributed by atoms with Gasteiger partial charge >= 0.3 is 0 Å². The van der Waals surface area contributed by atoms with E-state index >= 15 is 0 Å². The largest absolute Gasteiger partial charge is 0.344 e. The van der Waals surface area contributed by atoms with Gasteiger partial charge in [0.15, 0.2) is 0 Å². The Balaban J connectivity index is 0.000000455. The molecule has 9 nitrogen and oxygen atoms in total. The average molecular weight is 650 g/mol. The molecule has 0 aromatic heterocycles. The van der Waals surface area contributed by atoms with Crippen LogP contribution in [0.5, 0.6) is 0 Å². The van der Waals surface area contributed by atoms with E-state index in [2.05, 4.69) is 34.6 Å². The van der Waals surface area contributed by atoms with Crippen LogP contribution in [0.1, 0.15) is 81.0 Å². The number of carbonyl (C=O) groups excluding carboxylic acids is 4. The summed E-state index contributed by atoms with van der Waals surface area (Å²) >= 11 is 6.09. The van der Waals surface area contributed by atoms with Gasteiger partial charge in [-0.2, -0.15) is 0 Å². The van der Waals surface area contributed by atoms with Crippen LogP contribution in [0.15, 0.2) is 48.5 Å². The molecule has 2 N–H and O–H groups in total. The van der Waals surface area contributed by atoms with E-state index in [0.717, 1.165) is 31.1 Å². The molecule has 46 heavy (non-hydrogen) atoms. The van der Waals surface area contributed by atoms with Gasteiger partial charge in [0.25, 0.3) is 0 Å². The Kier molecular flexibility index (Phi) is 11.9. The van der Waals surface area contributed by atoms with Crippen molar-refractivity contribution in [3.05, 3.63) is 70.2 Å². The van der Waals surface area contributed by atoms with Crippen LogP contribution < -0.4 is 10.6 Å². The molecule has 3 aliphatic heterocycles. The summed E-state index contributed by atoms with van der Waals surface area (Å²) < 4.78 is 0. The lowest BCUT2D eigenvalue weighted by Gasteiger charge is -2.42. The molecule has 4 amide bonds. The number of imide groups is 1. The highest BCUT2D eigenvalue weighted by molar-refractivity contribution is 6.30. The molecule has 1 saturated carbocycles. The van der Waals surface area contributed by atoms with E-state index in [1.165, 1.54) is 55.2 Å². The third kappa shape index (κ3) is 8.75. The molecule has 2 aromatic rings. The first-order chi connectivity index (χ1) is 22.2. The molecule has 3 heterocycles. The molecule has 0 radical (unpaired) electrons. The maximum Gasteiger partial charge on any atom is 0.245 e. The van der Waals surface area contributed by atoms with Gasteiger partial charge in [0, 0.05) is 82.6 Å². The Morgan fingerprint density at radius 3 is 2.22 bits per heavy atom. The molecule has 1 aliphatic carbocycles. The first kappa shape index (κ1) is 34.1. The summed E-state index contributed by atoms with van der Waals surface area (Å²) in [6, 6.07) is 15.7. The molecule has 3 atom stereocenters. The van der Waals surface area contributed by atoms with E-state index < -0.39 is 6.04 Å². The molecule has 2 saturated heterocycles. The number of nitrogens with zero attached hydrogens (tertiary/aromatic N) is 3. The van der Waals surface area contributed by atoms with Crippen molar-refractivity contribution in [1.82, 2.24) is 25.3 Å². The fraction of sp³-hybridized carbons (Fsp3) is 0.556. The number of nitrogens with one attached hydrogen (secondary N) is 2. The van der Waals surface area contributed by atoms with Crippen LogP contribution in [0, 0.1) is 5.92 Å². The van der Waals surface area contributed by atoms with E-state index in [9.17, 15) is 19.2 Å². The summed E-state index contributed by atoms with van der Waals surface area (Å²) in [5.41, 5.74) is 3.40. The van der Waals surface area contributed by atoms with Gasteiger partial charge in [-0.25, -0.2) is 0 Å². The van der Waals surface area contributed by atoms with Gasteiger partial charge in [-0.05, 0) is 54.5 Å². The van der Waals surface area contributed by atoms with Crippen molar-refractivity contribution >= 4 is 35.2 Å². The van der Waals surface area contributed by atoms with E-state index in [4.69, 9.17) is 11.6 Å². The fourth-order valence-corrected chi connectivity index (χ4v) is 7.35. The normalized spacial score (nSPS) is 21.8. The number of carbonyl (C=O) groups is 4. The molecular weight excluding hydrogens is 602 g/mol. The summed E-state index contributed by atoms with van der Waals surface area (Å²) in [6.07, 6.45) is 8.29. The van der Waals surface area contributed by atoms with Crippen molar-refractivity contribution in [2.24, 2.45) is 5.92 Å². The minimum Gasteiger partial charge on any atom is -0.344 e. The third-order valence-electron chi connectivity index (χ3n) is 10.2. The first-order valence-electron chi connectivity index (χ1n) is 16.9. The highest BCUT2D eigenvalue weighted by atomic mass is 35.5. The highest BCUT2D eigenvalue weighted by Crippen LogP contribution is 2.30. The number of amides is 4. The predicted octanol–water partition coefficient (Wildman–Crippen LogP) is 4.48. The number of halogens is 1. The van der Waals surface area contributed by atoms with Gasteiger partial charge in [0.1, 0.15) is 6.04 Å². The zero-order valence-corrected chi connectivity index (χ0v) is 27.9. The summed E-state index contributed by atoms with van der Waals surface area (Å²) in [5.74, 6) is 0.566. The second-order valence-corrected chi connectivity index (χ2v) is 13.6. The lowest BCUT2D eigenvalue weighted by molar-refractivity contribution is -0.138. The molecule has 4 aliphatic rings. The lowest BCUT2D eigenvalue weighted by atomic mass is 9.84. The van der Waals surface area contributed by atoms with Gasteiger partial charge in [-0.1, -0.05) is 67.3 Å². The maximum atomic E-state index is 13.8. The molecule has 3 unspecified atom stereocenters. The van der Waals surface area contributed by atoms with Gasteiger partial charge in [-0.15, -0.1) is 0 Å². The quantitative estimate of drug-likeness (QED) is 0.409. The van der Waals surface area contributed by atoms with Crippen LogP contribution in [0.4, 0.5) is 0 Å². The van der Waals surface area contributed by atoms with Crippen molar-refractivity contribution < 1.29 is 19.2 Å². The first-order valence-corrected chi connectivity index (χ1v) is 17.2. The number of fused-ring (bicyclic) bond motifs is 1. The Bertz CT molecular complexity index is 1350. The Hall–Kier alpha value is -3.27. The van der Waals surface area contributed by atoms with Gasteiger partial charge in [0.05, 0.1) is 0 Å². The Morgan fingerprint density at radius 2 is 1.59 bits per heavy atom. The van der Waals surface area contributed by atoms with Crippen molar-refractivity contribution in [2.75, 3.05) is 33.2 Å². The number of hydrogen-bond donors (Lipinski definition) is 2. The summed E-state index contributed by atoms with van der Waals surface area (Å²) in [6.45, 7) is 6.35. The van der Waals surface area contributed by atoms with Crippen LogP contribution in [0.25, 0.3) is 0 Å². The molecule has 10 heteroatoms. The van der Waals surface area contributed by atoms with Crippen LogP contribution in [0.2, 0.25) is 5.02 Å². The van der Waals surface area contributed by atoms with Crippen molar-refractivity contribution in [1.29, 1.82) is 0 Å². The molecule has 0 spiro atoms. The Labute approximate surface area is 278 Å². The van der Waals surface area contributed by atoms with Crippen molar-refractivity contribution in [2.45, 2.75) is 89.4 Å². The van der Waals surface area contributed by atoms with Crippen LogP contribution in [0.3, 0.4) is 0 Å². The number of hydrogen-bond acceptors (Lipinski definition) is 6. The predicted molar refractivity (Wildman–Crippen MR) is 179 cm³/mol. The van der Waals surface area contributed by atoms with Crippen molar-refractivity contribution in [3.63, 3.8) is 0 Å². The smallest absolute Gasteiger partial charge is 0.245 e. The standard InChI is InChI=1S/C31H41ClN4O2.C5H7NO2/c1-22(24-7-3-2-4-8-24)35-15-17-36(18-16-35)31(38)29(19-23-11-13-26(32)14-12-23)34-30(37)20-28-27-10-6-5-9-25(27)21-33-28;1-6-4(7)2-3-5(6)8/h5-6,9-14,22,24,28-29,33H,2-4,7-8,15-21H2,1H3,(H,34,37);2-3H2,1H3. The molecule has 3 fully saturated rings. The van der Waals surface area contributed by atoms with E-state index in [1.54, 1.807) is 0 Å². The zero-order valence-electron chi connectivity index (χ0n) is 27.2. The lowest BCUT2D eigenvalue weighted by Crippen LogP contribution is -2.57. The SMILES string of the molecule is CC(C1CCCCC1)N1CCN(C(=O)C(Cc2ccc(Cl)cc2)NC(=O)CC2NCc3ccccc32)CC1.CN1C(=O)CCC1=O. The maximum absolute atomic E-state index is 13.8. The number of likely N-dealkylation sites (tertiary alicyclic amines) is 1. The monoisotopic (exact) mass is 649 g/mol. The number of piperazine rings is 1. The summed E-state index contributed by atoms with van der Waals surface area (Å²) in [5, 5.41) is 7.21. The van der Waals surface area contributed by atoms with Crippen LogP contribution >= 0.6 is 11.6 Å². The Morgan fingerprint density at radius 1 is 0.935 bits per heavy atom. The molecule has 6 rings (SSSR count).